The fourth-order valence-electron chi connectivity index (χ4n) is 3.84. The molecule has 0 unspecified atom stereocenters. The number of rotatable bonds is 7. The third-order valence-electron chi connectivity index (χ3n) is 5.62. The highest BCUT2D eigenvalue weighted by Gasteiger charge is 2.19. The van der Waals surface area contributed by atoms with Gasteiger partial charge in [-0.15, -0.1) is 0 Å². The third-order valence-corrected chi connectivity index (χ3v) is 5.62. The van der Waals surface area contributed by atoms with E-state index in [0.717, 1.165) is 16.8 Å². The van der Waals surface area contributed by atoms with Crippen LogP contribution < -0.4 is 14.8 Å². The molecule has 0 radical (unpaired) electrons. The van der Waals surface area contributed by atoms with Crippen molar-refractivity contribution in [3.8, 4) is 34.5 Å². The van der Waals surface area contributed by atoms with Crippen molar-refractivity contribution in [1.82, 2.24) is 15.1 Å². The summed E-state index contributed by atoms with van der Waals surface area (Å²) < 4.78 is 12.7. The number of ether oxygens (including phenoxy) is 2. The Labute approximate surface area is 202 Å². The lowest BCUT2D eigenvalue weighted by atomic mass is 10.1. The molecule has 172 valence electrons. The summed E-state index contributed by atoms with van der Waals surface area (Å²) in [6, 6.07) is 27.1. The van der Waals surface area contributed by atoms with Crippen molar-refractivity contribution in [2.75, 3.05) is 13.3 Å². The molecule has 0 saturated heterocycles. The number of fused-ring (bicyclic) bond motifs is 1. The van der Waals surface area contributed by atoms with Crippen LogP contribution in [-0.2, 0) is 11.2 Å². The van der Waals surface area contributed by atoms with Gasteiger partial charge in [-0.1, -0.05) is 48.5 Å². The molecule has 1 aliphatic rings. The third kappa shape index (κ3) is 4.92. The Hall–Kier alpha value is -4.83. The molecule has 0 saturated carbocycles. The molecule has 2 heterocycles. The number of carbonyl (C=O) groups excluding carboxylic acids is 1. The van der Waals surface area contributed by atoms with Crippen molar-refractivity contribution in [3.63, 3.8) is 0 Å². The fraction of sp³-hybridized carbons (Fsp3) is 0.107. The molecule has 1 aromatic heterocycles. The first kappa shape index (κ1) is 22.0. The summed E-state index contributed by atoms with van der Waals surface area (Å²) >= 11 is 0. The van der Waals surface area contributed by atoms with Crippen LogP contribution in [0.5, 0.6) is 11.5 Å². The number of amides is 1. The van der Waals surface area contributed by atoms with Gasteiger partial charge in [-0.25, -0.2) is 4.68 Å². The molecule has 0 atom stereocenters. The highest BCUT2D eigenvalue weighted by atomic mass is 16.7. The largest absolute Gasteiger partial charge is 0.454 e. The predicted octanol–water partition coefficient (Wildman–Crippen LogP) is 4.53. The Balaban J connectivity index is 1.45. The van der Waals surface area contributed by atoms with Crippen LogP contribution >= 0.6 is 0 Å². The SMILES string of the molecule is N#C/C(=C\c1cn(-c2ccccc2)nc1-c1ccc2c(c1)OCO2)C(=O)NCCc1ccccc1. The molecule has 3 aromatic carbocycles. The number of hydrogen-bond acceptors (Lipinski definition) is 5. The standard InChI is InChI=1S/C28H22N4O3/c29-17-22(28(33)30-14-13-20-7-3-1-4-8-20)15-23-18-32(24-9-5-2-6-10-24)31-27(23)21-11-12-25-26(16-21)35-19-34-25/h1-12,15-16,18H,13-14,19H2,(H,30,33)/b22-15+. The van der Waals surface area contributed by atoms with Crippen LogP contribution in [0.25, 0.3) is 23.0 Å². The molecule has 0 fully saturated rings. The molecule has 0 aliphatic carbocycles. The molecule has 5 rings (SSSR count). The van der Waals surface area contributed by atoms with E-state index in [1.54, 1.807) is 10.8 Å². The topological polar surface area (TPSA) is 89.2 Å². The van der Waals surface area contributed by atoms with Crippen LogP contribution in [0.2, 0.25) is 0 Å². The second kappa shape index (κ2) is 9.98. The number of nitriles is 1. The summed E-state index contributed by atoms with van der Waals surface area (Å²) in [7, 11) is 0. The highest BCUT2D eigenvalue weighted by molar-refractivity contribution is 6.02. The van der Waals surface area contributed by atoms with Gasteiger partial charge in [0.05, 0.1) is 5.69 Å². The first-order valence-electron chi connectivity index (χ1n) is 11.2. The van der Waals surface area contributed by atoms with Gasteiger partial charge in [0.1, 0.15) is 17.3 Å². The Bertz CT molecular complexity index is 1420. The van der Waals surface area contributed by atoms with Crippen LogP contribution in [0.4, 0.5) is 0 Å². The molecule has 0 bridgehead atoms. The van der Waals surface area contributed by atoms with Gasteiger partial charge in [-0.2, -0.15) is 10.4 Å². The molecule has 1 N–H and O–H groups in total. The van der Waals surface area contributed by atoms with Gasteiger partial charge in [0.2, 0.25) is 6.79 Å². The van der Waals surface area contributed by atoms with E-state index in [1.807, 2.05) is 91.1 Å². The Morgan fingerprint density at radius 2 is 1.77 bits per heavy atom. The normalized spacial score (nSPS) is 12.3. The average Bonchev–Trinajstić information content (AvgIpc) is 3.55. The van der Waals surface area contributed by atoms with E-state index in [1.165, 1.54) is 0 Å². The highest BCUT2D eigenvalue weighted by Crippen LogP contribution is 2.37. The minimum absolute atomic E-state index is 0.00710. The molecule has 35 heavy (non-hydrogen) atoms. The smallest absolute Gasteiger partial charge is 0.261 e. The Kier molecular flexibility index (Phi) is 6.27. The van der Waals surface area contributed by atoms with Crippen LogP contribution in [0.3, 0.4) is 0 Å². The van der Waals surface area contributed by atoms with Crippen LogP contribution in [0.15, 0.2) is 90.6 Å². The molecule has 7 heteroatoms. The summed E-state index contributed by atoms with van der Waals surface area (Å²) in [6.45, 7) is 0.603. The molecular weight excluding hydrogens is 440 g/mol. The molecular formula is C28H22N4O3. The first-order chi connectivity index (χ1) is 17.2. The maximum atomic E-state index is 12.8. The lowest BCUT2D eigenvalue weighted by Gasteiger charge is -2.05. The number of nitrogens with zero attached hydrogens (tertiary/aromatic N) is 3. The van der Waals surface area contributed by atoms with Gasteiger partial charge in [-0.3, -0.25) is 4.79 Å². The van der Waals surface area contributed by atoms with Crippen molar-refractivity contribution in [2.45, 2.75) is 6.42 Å². The zero-order chi connectivity index (χ0) is 24.0. The lowest BCUT2D eigenvalue weighted by molar-refractivity contribution is -0.117. The maximum Gasteiger partial charge on any atom is 0.261 e. The molecule has 0 spiro atoms. The van der Waals surface area contributed by atoms with Gasteiger partial charge >= 0.3 is 0 Å². The van der Waals surface area contributed by atoms with Crippen molar-refractivity contribution in [2.24, 2.45) is 0 Å². The van der Waals surface area contributed by atoms with Gasteiger partial charge in [0.25, 0.3) is 5.91 Å². The lowest BCUT2D eigenvalue weighted by Crippen LogP contribution is -2.26. The quantitative estimate of drug-likeness (QED) is 0.322. The zero-order valence-corrected chi connectivity index (χ0v) is 18.8. The number of benzene rings is 3. The van der Waals surface area contributed by atoms with Crippen molar-refractivity contribution in [1.29, 1.82) is 5.26 Å². The van der Waals surface area contributed by atoms with E-state index in [-0.39, 0.29) is 12.4 Å². The Morgan fingerprint density at radius 1 is 1.03 bits per heavy atom. The first-order valence-corrected chi connectivity index (χ1v) is 11.2. The van der Waals surface area contributed by atoms with E-state index < -0.39 is 5.91 Å². The maximum absolute atomic E-state index is 12.8. The zero-order valence-electron chi connectivity index (χ0n) is 18.8. The van der Waals surface area contributed by atoms with Crippen LogP contribution in [0, 0.1) is 11.3 Å². The molecule has 7 nitrogen and oxygen atoms in total. The van der Waals surface area contributed by atoms with E-state index in [9.17, 15) is 10.1 Å². The minimum atomic E-state index is -0.424. The van der Waals surface area contributed by atoms with Gasteiger partial charge in [0, 0.05) is 23.9 Å². The second-order valence-corrected chi connectivity index (χ2v) is 7.94. The molecule has 1 amide bonds. The van der Waals surface area contributed by atoms with E-state index >= 15 is 0 Å². The number of carbonyl (C=O) groups is 1. The van der Waals surface area contributed by atoms with E-state index in [4.69, 9.17) is 14.6 Å². The molecule has 4 aromatic rings. The van der Waals surface area contributed by atoms with Crippen LogP contribution in [-0.4, -0.2) is 29.0 Å². The van der Waals surface area contributed by atoms with E-state index in [0.29, 0.717) is 35.7 Å². The van der Waals surface area contributed by atoms with Crippen molar-refractivity contribution in [3.05, 3.63) is 102 Å². The fourth-order valence-corrected chi connectivity index (χ4v) is 3.84. The predicted molar refractivity (Wildman–Crippen MR) is 132 cm³/mol. The van der Waals surface area contributed by atoms with Gasteiger partial charge < -0.3 is 14.8 Å². The second-order valence-electron chi connectivity index (χ2n) is 7.94. The number of para-hydroxylation sites is 1. The minimum Gasteiger partial charge on any atom is -0.454 e. The summed E-state index contributed by atoms with van der Waals surface area (Å²) in [5.41, 5.74) is 4.04. The monoisotopic (exact) mass is 462 g/mol. The number of nitrogens with one attached hydrogen (secondary N) is 1. The Morgan fingerprint density at radius 3 is 2.54 bits per heavy atom. The van der Waals surface area contributed by atoms with E-state index in [2.05, 4.69) is 5.32 Å². The number of hydrogen-bond donors (Lipinski definition) is 1. The van der Waals surface area contributed by atoms with Crippen LogP contribution in [0.1, 0.15) is 11.1 Å². The van der Waals surface area contributed by atoms with Gasteiger partial charge in [0.15, 0.2) is 11.5 Å². The summed E-state index contributed by atoms with van der Waals surface area (Å²) in [5.74, 6) is 0.877. The van der Waals surface area contributed by atoms with Crippen molar-refractivity contribution >= 4 is 12.0 Å². The molecule has 1 aliphatic heterocycles. The van der Waals surface area contributed by atoms with Crippen molar-refractivity contribution < 1.29 is 14.3 Å². The summed E-state index contributed by atoms with van der Waals surface area (Å²) in [6.07, 6.45) is 4.06. The summed E-state index contributed by atoms with van der Waals surface area (Å²) in [4.78, 5) is 12.8. The number of aromatic nitrogens is 2. The average molecular weight is 463 g/mol. The summed E-state index contributed by atoms with van der Waals surface area (Å²) in [5, 5.41) is 17.3. The van der Waals surface area contributed by atoms with Gasteiger partial charge in [-0.05, 0) is 48.4 Å².